The van der Waals surface area contributed by atoms with Gasteiger partial charge in [-0.25, -0.2) is 8.42 Å². The van der Waals surface area contributed by atoms with Crippen LogP contribution < -0.4 is 10.5 Å². The summed E-state index contributed by atoms with van der Waals surface area (Å²) in [6, 6.07) is 10.7. The highest BCUT2D eigenvalue weighted by Gasteiger charge is 2.16. The SMILES string of the molecule is CC(N)c1cccc(S(=O)(=O)Nc2cc(Cl)cc(Cl)c2)c1. The second-order valence-electron chi connectivity index (χ2n) is 4.62. The van der Waals surface area contributed by atoms with Crippen molar-refractivity contribution in [3.8, 4) is 0 Å². The second kappa shape index (κ2) is 6.23. The molecule has 0 heterocycles. The number of anilines is 1. The highest BCUT2D eigenvalue weighted by atomic mass is 35.5. The Bertz CT molecular complexity index is 741. The fourth-order valence-corrected chi connectivity index (χ4v) is 3.41. The number of halogens is 2. The maximum Gasteiger partial charge on any atom is 0.261 e. The predicted octanol–water partition coefficient (Wildman–Crippen LogP) is 3.81. The number of sulfonamides is 1. The molecule has 0 amide bonds. The minimum absolute atomic E-state index is 0.133. The van der Waals surface area contributed by atoms with Gasteiger partial charge >= 0.3 is 0 Å². The lowest BCUT2D eigenvalue weighted by molar-refractivity contribution is 0.601. The molecule has 0 spiro atoms. The highest BCUT2D eigenvalue weighted by molar-refractivity contribution is 7.92. The molecule has 2 rings (SSSR count). The average Bonchev–Trinajstić information content (AvgIpc) is 2.37. The Hall–Kier alpha value is -1.27. The summed E-state index contributed by atoms with van der Waals surface area (Å²) in [6.45, 7) is 1.79. The molecule has 0 aliphatic carbocycles. The van der Waals surface area contributed by atoms with E-state index >= 15 is 0 Å². The minimum atomic E-state index is -3.73. The van der Waals surface area contributed by atoms with E-state index in [2.05, 4.69) is 4.72 Å². The van der Waals surface area contributed by atoms with Crippen molar-refractivity contribution >= 4 is 38.9 Å². The lowest BCUT2D eigenvalue weighted by Gasteiger charge is -2.11. The molecule has 1 atom stereocenters. The Morgan fingerprint density at radius 3 is 2.29 bits per heavy atom. The number of nitrogens with two attached hydrogens (primary N) is 1. The first-order valence-electron chi connectivity index (χ1n) is 6.12. The zero-order valence-corrected chi connectivity index (χ0v) is 13.5. The van der Waals surface area contributed by atoms with Crippen molar-refractivity contribution in [1.82, 2.24) is 0 Å². The maximum atomic E-state index is 12.4. The van der Waals surface area contributed by atoms with Crippen LogP contribution in [0.3, 0.4) is 0 Å². The van der Waals surface area contributed by atoms with Gasteiger partial charge < -0.3 is 5.73 Å². The van der Waals surface area contributed by atoms with Crippen molar-refractivity contribution < 1.29 is 8.42 Å². The van der Waals surface area contributed by atoms with Crippen LogP contribution in [-0.4, -0.2) is 8.42 Å². The van der Waals surface area contributed by atoms with E-state index < -0.39 is 10.0 Å². The van der Waals surface area contributed by atoms with Gasteiger partial charge in [-0.3, -0.25) is 4.72 Å². The molecule has 0 radical (unpaired) electrons. The number of rotatable bonds is 4. The molecule has 21 heavy (non-hydrogen) atoms. The van der Waals surface area contributed by atoms with Gasteiger partial charge in [-0.05, 0) is 42.8 Å². The predicted molar refractivity (Wildman–Crippen MR) is 86.3 cm³/mol. The molecule has 112 valence electrons. The standard InChI is InChI=1S/C14H14Cl2N2O2S/c1-9(17)10-3-2-4-14(5-10)21(19,20)18-13-7-11(15)6-12(16)8-13/h2-9,18H,17H2,1H3. The summed E-state index contributed by atoms with van der Waals surface area (Å²) in [5.41, 5.74) is 6.81. The molecule has 0 saturated heterocycles. The van der Waals surface area contributed by atoms with Gasteiger partial charge in [0.15, 0.2) is 0 Å². The monoisotopic (exact) mass is 344 g/mol. The fraction of sp³-hybridized carbons (Fsp3) is 0.143. The third kappa shape index (κ3) is 4.11. The summed E-state index contributed by atoms with van der Waals surface area (Å²) in [7, 11) is -3.73. The largest absolute Gasteiger partial charge is 0.324 e. The third-order valence-corrected chi connectivity index (χ3v) is 4.62. The van der Waals surface area contributed by atoms with E-state index in [4.69, 9.17) is 28.9 Å². The Kier molecular flexibility index (Phi) is 4.78. The molecule has 3 N–H and O–H groups in total. The van der Waals surface area contributed by atoms with E-state index in [0.29, 0.717) is 15.7 Å². The molecule has 0 fully saturated rings. The molecule has 0 bridgehead atoms. The Morgan fingerprint density at radius 1 is 1.10 bits per heavy atom. The lowest BCUT2D eigenvalue weighted by atomic mass is 10.1. The van der Waals surface area contributed by atoms with E-state index in [0.717, 1.165) is 5.56 Å². The van der Waals surface area contributed by atoms with Crippen LogP contribution in [0.25, 0.3) is 0 Å². The van der Waals surface area contributed by atoms with E-state index in [1.165, 1.54) is 24.3 Å². The number of benzene rings is 2. The second-order valence-corrected chi connectivity index (χ2v) is 7.18. The first-order valence-corrected chi connectivity index (χ1v) is 8.36. The summed E-state index contributed by atoms with van der Waals surface area (Å²) >= 11 is 11.7. The highest BCUT2D eigenvalue weighted by Crippen LogP contribution is 2.25. The molecule has 0 aromatic heterocycles. The van der Waals surface area contributed by atoms with Crippen LogP contribution in [-0.2, 0) is 10.0 Å². The van der Waals surface area contributed by atoms with Crippen molar-refractivity contribution in [1.29, 1.82) is 0 Å². The van der Waals surface area contributed by atoms with Crippen LogP contribution in [0.4, 0.5) is 5.69 Å². The Morgan fingerprint density at radius 2 is 1.71 bits per heavy atom. The Labute approximate surface area is 133 Å². The molecule has 2 aromatic carbocycles. The van der Waals surface area contributed by atoms with E-state index in [-0.39, 0.29) is 10.9 Å². The van der Waals surface area contributed by atoms with Crippen LogP contribution in [0.15, 0.2) is 47.4 Å². The molecular weight excluding hydrogens is 331 g/mol. The van der Waals surface area contributed by atoms with Gasteiger partial charge in [0.1, 0.15) is 0 Å². The van der Waals surface area contributed by atoms with Crippen LogP contribution >= 0.6 is 23.2 Å². The van der Waals surface area contributed by atoms with Crippen LogP contribution in [0.1, 0.15) is 18.5 Å². The van der Waals surface area contributed by atoms with Crippen molar-refractivity contribution in [3.05, 3.63) is 58.1 Å². The van der Waals surface area contributed by atoms with E-state index in [1.807, 2.05) is 0 Å². The topological polar surface area (TPSA) is 72.2 Å². The first-order chi connectivity index (χ1) is 9.78. The zero-order chi connectivity index (χ0) is 15.6. The van der Waals surface area contributed by atoms with E-state index in [1.54, 1.807) is 25.1 Å². The molecule has 2 aromatic rings. The van der Waals surface area contributed by atoms with Crippen molar-refractivity contribution in [2.24, 2.45) is 5.73 Å². The number of hydrogen-bond acceptors (Lipinski definition) is 3. The van der Waals surface area contributed by atoms with Crippen molar-refractivity contribution in [3.63, 3.8) is 0 Å². The summed E-state index contributed by atoms with van der Waals surface area (Å²) < 4.78 is 27.2. The van der Waals surface area contributed by atoms with Gasteiger partial charge in [-0.15, -0.1) is 0 Å². The fourth-order valence-electron chi connectivity index (χ4n) is 1.79. The number of hydrogen-bond donors (Lipinski definition) is 2. The third-order valence-electron chi connectivity index (χ3n) is 2.81. The van der Waals surface area contributed by atoms with Gasteiger partial charge in [-0.2, -0.15) is 0 Å². The molecule has 7 heteroatoms. The normalized spacial score (nSPS) is 13.0. The number of nitrogens with one attached hydrogen (secondary N) is 1. The molecule has 4 nitrogen and oxygen atoms in total. The van der Waals surface area contributed by atoms with Gasteiger partial charge in [-0.1, -0.05) is 35.3 Å². The van der Waals surface area contributed by atoms with Crippen LogP contribution in [0.5, 0.6) is 0 Å². The summed E-state index contributed by atoms with van der Waals surface area (Å²) in [5.74, 6) is 0. The Balaban J connectivity index is 2.36. The molecule has 1 unspecified atom stereocenters. The maximum absolute atomic E-state index is 12.4. The van der Waals surface area contributed by atoms with Gasteiger partial charge in [0, 0.05) is 16.1 Å². The first kappa shape index (κ1) is 16.1. The zero-order valence-electron chi connectivity index (χ0n) is 11.2. The van der Waals surface area contributed by atoms with Gasteiger partial charge in [0.05, 0.1) is 10.6 Å². The van der Waals surface area contributed by atoms with Gasteiger partial charge in [0.25, 0.3) is 10.0 Å². The van der Waals surface area contributed by atoms with Crippen molar-refractivity contribution in [2.45, 2.75) is 17.9 Å². The quantitative estimate of drug-likeness (QED) is 0.885. The molecule has 0 aliphatic rings. The summed E-state index contributed by atoms with van der Waals surface area (Å²) in [5, 5.41) is 0.703. The summed E-state index contributed by atoms with van der Waals surface area (Å²) in [6.07, 6.45) is 0. The van der Waals surface area contributed by atoms with Crippen LogP contribution in [0, 0.1) is 0 Å². The molecular formula is C14H14Cl2N2O2S. The van der Waals surface area contributed by atoms with Gasteiger partial charge in [0.2, 0.25) is 0 Å². The smallest absolute Gasteiger partial charge is 0.261 e. The molecule has 0 saturated carbocycles. The molecule has 0 aliphatic heterocycles. The summed E-state index contributed by atoms with van der Waals surface area (Å²) in [4.78, 5) is 0.133. The van der Waals surface area contributed by atoms with E-state index in [9.17, 15) is 8.42 Å². The lowest BCUT2D eigenvalue weighted by Crippen LogP contribution is -2.14. The average molecular weight is 345 g/mol. The van der Waals surface area contributed by atoms with Crippen molar-refractivity contribution in [2.75, 3.05) is 4.72 Å². The van der Waals surface area contributed by atoms with Crippen LogP contribution in [0.2, 0.25) is 10.0 Å². The minimum Gasteiger partial charge on any atom is -0.324 e.